The van der Waals surface area contributed by atoms with Crippen molar-refractivity contribution in [2.24, 2.45) is 0 Å². The molecule has 0 amide bonds. The molecule has 1 fully saturated rings. The van der Waals surface area contributed by atoms with Gasteiger partial charge in [-0.3, -0.25) is 0 Å². The molecule has 0 aromatic heterocycles. The first kappa shape index (κ1) is 18.3. The predicted octanol–water partition coefficient (Wildman–Crippen LogP) is 5.58. The predicted molar refractivity (Wildman–Crippen MR) is 106 cm³/mol. The zero-order valence-electron chi connectivity index (χ0n) is 15.2. The average molecular weight is 358 g/mol. The molecule has 0 radical (unpaired) electrons. The van der Waals surface area contributed by atoms with Crippen LogP contribution in [-0.2, 0) is 5.41 Å². The van der Waals surface area contributed by atoms with Gasteiger partial charge in [0.25, 0.3) is 0 Å². The van der Waals surface area contributed by atoms with E-state index in [1.165, 1.54) is 30.4 Å². The molecule has 1 aliphatic rings. The van der Waals surface area contributed by atoms with E-state index in [0.717, 1.165) is 18.7 Å². The standard InChI is InChI=1S/C22H28ClNO/c1-22(2,17-8-4-3-5-9-17)18-11-12-21(20(23)16-18)25-15-13-19-10-6-7-14-24-19/h3-5,8-9,11-12,16,19,24H,6-7,10,13-15H2,1-2H3. The summed E-state index contributed by atoms with van der Waals surface area (Å²) in [5.74, 6) is 0.782. The Morgan fingerprint density at radius 2 is 1.88 bits per heavy atom. The number of halogens is 1. The van der Waals surface area contributed by atoms with Gasteiger partial charge >= 0.3 is 0 Å². The smallest absolute Gasteiger partial charge is 0.137 e. The first-order chi connectivity index (χ1) is 12.1. The van der Waals surface area contributed by atoms with E-state index in [-0.39, 0.29) is 5.41 Å². The van der Waals surface area contributed by atoms with Gasteiger partial charge in [0.2, 0.25) is 0 Å². The molecule has 1 unspecified atom stereocenters. The van der Waals surface area contributed by atoms with Crippen LogP contribution in [0.15, 0.2) is 48.5 Å². The minimum Gasteiger partial charge on any atom is -0.492 e. The first-order valence-corrected chi connectivity index (χ1v) is 9.67. The highest BCUT2D eigenvalue weighted by Crippen LogP contribution is 2.35. The molecule has 25 heavy (non-hydrogen) atoms. The van der Waals surface area contributed by atoms with Crippen LogP contribution in [0.3, 0.4) is 0 Å². The van der Waals surface area contributed by atoms with E-state index in [9.17, 15) is 0 Å². The van der Waals surface area contributed by atoms with Crippen LogP contribution in [0.1, 0.15) is 50.7 Å². The molecule has 3 rings (SSSR count). The fourth-order valence-corrected chi connectivity index (χ4v) is 3.74. The van der Waals surface area contributed by atoms with Crippen molar-refractivity contribution in [3.63, 3.8) is 0 Å². The van der Waals surface area contributed by atoms with Crippen LogP contribution in [-0.4, -0.2) is 19.2 Å². The van der Waals surface area contributed by atoms with Crippen LogP contribution in [0, 0.1) is 0 Å². The summed E-state index contributed by atoms with van der Waals surface area (Å²) in [5.41, 5.74) is 2.39. The molecular formula is C22H28ClNO. The van der Waals surface area contributed by atoms with Crippen molar-refractivity contribution < 1.29 is 4.74 Å². The topological polar surface area (TPSA) is 21.3 Å². The summed E-state index contributed by atoms with van der Waals surface area (Å²) < 4.78 is 5.94. The average Bonchev–Trinajstić information content (AvgIpc) is 2.64. The molecule has 1 N–H and O–H groups in total. The highest BCUT2D eigenvalue weighted by molar-refractivity contribution is 6.32. The molecule has 1 saturated heterocycles. The molecule has 134 valence electrons. The summed E-state index contributed by atoms with van der Waals surface area (Å²) in [5, 5.41) is 4.25. The molecule has 0 saturated carbocycles. The Balaban J connectivity index is 1.64. The second-order valence-corrected chi connectivity index (χ2v) is 7.83. The van der Waals surface area contributed by atoms with Crippen molar-refractivity contribution in [3.8, 4) is 5.75 Å². The van der Waals surface area contributed by atoms with Gasteiger partial charge in [-0.25, -0.2) is 0 Å². The summed E-state index contributed by atoms with van der Waals surface area (Å²) in [6, 6.07) is 17.3. The lowest BCUT2D eigenvalue weighted by Gasteiger charge is -2.27. The largest absolute Gasteiger partial charge is 0.492 e. The van der Waals surface area contributed by atoms with Gasteiger partial charge in [0.15, 0.2) is 0 Å². The summed E-state index contributed by atoms with van der Waals surface area (Å²) in [7, 11) is 0. The Morgan fingerprint density at radius 3 is 2.56 bits per heavy atom. The molecule has 1 atom stereocenters. The van der Waals surface area contributed by atoms with Crippen molar-refractivity contribution in [2.45, 2.75) is 51.0 Å². The van der Waals surface area contributed by atoms with E-state index in [4.69, 9.17) is 16.3 Å². The van der Waals surface area contributed by atoms with Crippen LogP contribution < -0.4 is 10.1 Å². The van der Waals surface area contributed by atoms with Crippen LogP contribution in [0.2, 0.25) is 5.02 Å². The highest BCUT2D eigenvalue weighted by atomic mass is 35.5. The zero-order chi connectivity index (χ0) is 17.7. The van der Waals surface area contributed by atoms with Gasteiger partial charge in [-0.15, -0.1) is 0 Å². The van der Waals surface area contributed by atoms with Crippen LogP contribution in [0.4, 0.5) is 0 Å². The molecule has 1 aliphatic heterocycles. The van der Waals surface area contributed by atoms with E-state index in [1.807, 2.05) is 18.2 Å². The molecule has 1 heterocycles. The third kappa shape index (κ3) is 4.56. The molecule has 3 heteroatoms. The SMILES string of the molecule is CC(C)(c1ccccc1)c1ccc(OCCC2CCCCN2)c(Cl)c1. The van der Waals surface area contributed by atoms with Crippen molar-refractivity contribution in [1.82, 2.24) is 5.32 Å². The molecule has 2 aromatic carbocycles. The van der Waals surface area contributed by atoms with Gasteiger partial charge in [0.1, 0.15) is 5.75 Å². The second kappa shape index (κ2) is 8.25. The van der Waals surface area contributed by atoms with Gasteiger partial charge < -0.3 is 10.1 Å². The summed E-state index contributed by atoms with van der Waals surface area (Å²) >= 11 is 6.50. The lowest BCUT2D eigenvalue weighted by atomic mass is 9.78. The lowest BCUT2D eigenvalue weighted by Crippen LogP contribution is -2.35. The van der Waals surface area contributed by atoms with E-state index in [2.05, 4.69) is 49.5 Å². The minimum absolute atomic E-state index is 0.0878. The summed E-state index contributed by atoms with van der Waals surface area (Å²) in [6.07, 6.45) is 4.90. The Morgan fingerprint density at radius 1 is 1.08 bits per heavy atom. The quantitative estimate of drug-likeness (QED) is 0.728. The van der Waals surface area contributed by atoms with Gasteiger partial charge in [0, 0.05) is 11.5 Å². The Kier molecular flexibility index (Phi) is 6.03. The zero-order valence-corrected chi connectivity index (χ0v) is 16.0. The van der Waals surface area contributed by atoms with E-state index >= 15 is 0 Å². The van der Waals surface area contributed by atoms with Crippen LogP contribution in [0.25, 0.3) is 0 Å². The summed E-state index contributed by atoms with van der Waals surface area (Å²) in [6.45, 7) is 6.29. The number of benzene rings is 2. The second-order valence-electron chi connectivity index (χ2n) is 7.42. The number of ether oxygens (including phenoxy) is 1. The Labute approximate surface area is 156 Å². The molecule has 0 spiro atoms. The van der Waals surface area contributed by atoms with E-state index < -0.39 is 0 Å². The van der Waals surface area contributed by atoms with Crippen LogP contribution in [0.5, 0.6) is 5.75 Å². The molecular weight excluding hydrogens is 330 g/mol. The van der Waals surface area contributed by atoms with Gasteiger partial charge in [-0.2, -0.15) is 0 Å². The van der Waals surface area contributed by atoms with Crippen molar-refractivity contribution in [2.75, 3.05) is 13.2 Å². The maximum absolute atomic E-state index is 6.50. The number of rotatable bonds is 6. The maximum atomic E-state index is 6.50. The van der Waals surface area contributed by atoms with Crippen molar-refractivity contribution >= 4 is 11.6 Å². The Hall–Kier alpha value is -1.51. The number of piperidine rings is 1. The van der Waals surface area contributed by atoms with Gasteiger partial charge in [0.05, 0.1) is 11.6 Å². The van der Waals surface area contributed by atoms with Gasteiger partial charge in [-0.1, -0.05) is 68.3 Å². The van der Waals surface area contributed by atoms with Crippen molar-refractivity contribution in [3.05, 3.63) is 64.7 Å². The fraction of sp³-hybridized carbons (Fsp3) is 0.455. The first-order valence-electron chi connectivity index (χ1n) is 9.29. The fourth-order valence-electron chi connectivity index (χ4n) is 3.51. The van der Waals surface area contributed by atoms with E-state index in [1.54, 1.807) is 0 Å². The number of nitrogens with one attached hydrogen (secondary N) is 1. The van der Waals surface area contributed by atoms with Crippen molar-refractivity contribution in [1.29, 1.82) is 0 Å². The Bertz CT molecular complexity index is 678. The summed E-state index contributed by atoms with van der Waals surface area (Å²) in [4.78, 5) is 0. The number of hydrogen-bond donors (Lipinski definition) is 1. The lowest BCUT2D eigenvalue weighted by molar-refractivity contribution is 0.268. The minimum atomic E-state index is -0.0878. The van der Waals surface area contributed by atoms with E-state index in [0.29, 0.717) is 17.7 Å². The monoisotopic (exact) mass is 357 g/mol. The molecule has 2 nitrogen and oxygen atoms in total. The maximum Gasteiger partial charge on any atom is 0.137 e. The molecule has 0 aliphatic carbocycles. The third-order valence-corrected chi connectivity index (χ3v) is 5.58. The third-order valence-electron chi connectivity index (χ3n) is 5.29. The van der Waals surface area contributed by atoms with Crippen LogP contribution >= 0.6 is 11.6 Å². The number of hydrogen-bond acceptors (Lipinski definition) is 2. The van der Waals surface area contributed by atoms with Gasteiger partial charge in [-0.05, 0) is 49.1 Å². The molecule has 0 bridgehead atoms. The normalized spacial score (nSPS) is 18.1. The highest BCUT2D eigenvalue weighted by Gasteiger charge is 2.23. The molecule has 2 aromatic rings.